The van der Waals surface area contributed by atoms with Crippen molar-refractivity contribution in [2.45, 2.75) is 20.0 Å². The summed E-state index contributed by atoms with van der Waals surface area (Å²) in [4.78, 5) is 3.94. The maximum atomic E-state index is 13.9. The largest absolute Gasteiger partial charge is 0.490 e. The van der Waals surface area contributed by atoms with E-state index in [0.717, 1.165) is 16.8 Å². The molecule has 0 aliphatic carbocycles. The lowest BCUT2D eigenvalue weighted by molar-refractivity contribution is 0.241. The summed E-state index contributed by atoms with van der Waals surface area (Å²) in [6, 6.07) is 1.89. The highest BCUT2D eigenvalue weighted by Gasteiger charge is 2.19. The number of aromatic nitrogens is 2. The minimum Gasteiger partial charge on any atom is -0.490 e. The second-order valence-corrected chi connectivity index (χ2v) is 4.09. The van der Waals surface area contributed by atoms with Gasteiger partial charge in [-0.15, -0.1) is 0 Å². The van der Waals surface area contributed by atoms with E-state index in [1.54, 1.807) is 13.8 Å². The van der Waals surface area contributed by atoms with Crippen LogP contribution in [0, 0.1) is 11.6 Å². The van der Waals surface area contributed by atoms with E-state index < -0.39 is 11.6 Å². The second kappa shape index (κ2) is 4.64. The number of halogens is 2. The zero-order valence-corrected chi connectivity index (χ0v) is 10.0. The van der Waals surface area contributed by atoms with Gasteiger partial charge in [0.05, 0.1) is 11.7 Å². The topological polar surface area (TPSA) is 53.1 Å². The van der Waals surface area contributed by atoms with Crippen LogP contribution in [0.4, 0.5) is 8.78 Å². The first-order valence-corrected chi connectivity index (χ1v) is 5.43. The summed E-state index contributed by atoms with van der Waals surface area (Å²) in [5, 5.41) is 0. The Morgan fingerprint density at radius 1 is 1.33 bits per heavy atom. The van der Waals surface area contributed by atoms with Crippen LogP contribution in [-0.2, 0) is 0 Å². The number of rotatable bonds is 3. The Bertz CT molecular complexity index is 566. The number of nitrogens with zero attached hydrogens (tertiary/aromatic N) is 2. The molecule has 0 radical (unpaired) electrons. The molecule has 0 aliphatic rings. The van der Waals surface area contributed by atoms with Gasteiger partial charge in [0.15, 0.2) is 5.82 Å². The van der Waals surface area contributed by atoms with E-state index in [2.05, 4.69) is 4.98 Å². The van der Waals surface area contributed by atoms with Crippen molar-refractivity contribution in [3.8, 4) is 17.1 Å². The molecule has 0 amide bonds. The number of hydrogen-bond donors (Lipinski definition) is 1. The minimum atomic E-state index is -0.761. The van der Waals surface area contributed by atoms with Crippen LogP contribution in [0.2, 0.25) is 0 Å². The van der Waals surface area contributed by atoms with Crippen LogP contribution in [-0.4, -0.2) is 15.8 Å². The number of hydrogen-bond acceptors (Lipinski definition) is 3. The highest BCUT2D eigenvalue weighted by molar-refractivity contribution is 5.65. The molecule has 0 bridgehead atoms. The van der Waals surface area contributed by atoms with Gasteiger partial charge in [-0.1, -0.05) is 0 Å². The highest BCUT2D eigenvalue weighted by Crippen LogP contribution is 2.32. The molecular formula is C12H13F2N3O. The molecule has 0 spiro atoms. The van der Waals surface area contributed by atoms with Crippen molar-refractivity contribution in [1.82, 2.24) is 9.66 Å². The van der Waals surface area contributed by atoms with Gasteiger partial charge in [-0.05, 0) is 13.8 Å². The van der Waals surface area contributed by atoms with Crippen LogP contribution < -0.4 is 10.6 Å². The third kappa shape index (κ3) is 2.27. The average molecular weight is 253 g/mol. The van der Waals surface area contributed by atoms with E-state index in [0.29, 0.717) is 0 Å². The van der Waals surface area contributed by atoms with Gasteiger partial charge in [-0.3, -0.25) is 4.68 Å². The number of nitrogen functional groups attached to an aromatic ring is 1. The van der Waals surface area contributed by atoms with Crippen LogP contribution in [0.3, 0.4) is 0 Å². The monoisotopic (exact) mass is 253 g/mol. The van der Waals surface area contributed by atoms with Crippen molar-refractivity contribution >= 4 is 0 Å². The predicted octanol–water partition coefficient (Wildman–Crippen LogP) is 2.33. The molecule has 0 aliphatic heterocycles. The Labute approximate surface area is 103 Å². The Morgan fingerprint density at radius 2 is 2.06 bits per heavy atom. The van der Waals surface area contributed by atoms with Gasteiger partial charge < -0.3 is 10.6 Å². The normalized spacial score (nSPS) is 10.9. The molecule has 4 nitrogen and oxygen atoms in total. The zero-order valence-electron chi connectivity index (χ0n) is 10.0. The summed E-state index contributed by atoms with van der Waals surface area (Å²) in [7, 11) is 0. The van der Waals surface area contributed by atoms with Gasteiger partial charge in [0.25, 0.3) is 0 Å². The number of ether oxygens (including phenoxy) is 1. The smallest absolute Gasteiger partial charge is 0.164 e. The van der Waals surface area contributed by atoms with E-state index in [9.17, 15) is 8.78 Å². The fourth-order valence-electron chi connectivity index (χ4n) is 1.62. The zero-order chi connectivity index (χ0) is 13.3. The molecule has 0 unspecified atom stereocenters. The maximum absolute atomic E-state index is 13.9. The van der Waals surface area contributed by atoms with Crippen molar-refractivity contribution in [2.24, 2.45) is 0 Å². The number of nitrogens with two attached hydrogens (primary N) is 1. The van der Waals surface area contributed by atoms with E-state index in [1.165, 1.54) is 12.4 Å². The summed E-state index contributed by atoms with van der Waals surface area (Å²) in [6.45, 7) is 3.53. The molecule has 1 heterocycles. The Morgan fingerprint density at radius 3 is 2.61 bits per heavy atom. The molecule has 2 aromatic rings. The molecule has 1 aromatic heterocycles. The lowest BCUT2D eigenvalue weighted by Crippen LogP contribution is -2.12. The van der Waals surface area contributed by atoms with Crippen LogP contribution in [0.1, 0.15) is 13.8 Å². The molecule has 0 fully saturated rings. The molecule has 18 heavy (non-hydrogen) atoms. The molecule has 2 N–H and O–H groups in total. The Balaban J connectivity index is 2.61. The van der Waals surface area contributed by atoms with Crippen molar-refractivity contribution in [2.75, 3.05) is 5.84 Å². The first-order valence-electron chi connectivity index (χ1n) is 5.43. The Kier molecular flexibility index (Phi) is 3.18. The van der Waals surface area contributed by atoms with E-state index in [4.69, 9.17) is 10.6 Å². The van der Waals surface area contributed by atoms with E-state index >= 15 is 0 Å². The first kappa shape index (κ1) is 12.3. The standard InChI is InChI=1S/C12H13F2N3O/c1-7(2)18-10-6-8(13)5-9(14)11(10)12-16-3-4-17(12)15/h3-7H,15H2,1-2H3. The van der Waals surface area contributed by atoms with Crippen molar-refractivity contribution in [1.29, 1.82) is 0 Å². The SMILES string of the molecule is CC(C)Oc1cc(F)cc(F)c1-c1nccn1N. The van der Waals surface area contributed by atoms with Crippen LogP contribution in [0.5, 0.6) is 5.75 Å². The molecule has 0 saturated heterocycles. The summed E-state index contributed by atoms with van der Waals surface area (Å²) in [5.74, 6) is 4.42. The van der Waals surface area contributed by atoms with Crippen molar-refractivity contribution in [3.05, 3.63) is 36.2 Å². The summed E-state index contributed by atoms with van der Waals surface area (Å²) in [5.41, 5.74) is 0.0533. The Hall–Kier alpha value is -2.11. The molecule has 1 aromatic carbocycles. The van der Waals surface area contributed by atoms with E-state index in [1.807, 2.05) is 0 Å². The van der Waals surface area contributed by atoms with Crippen LogP contribution in [0.15, 0.2) is 24.5 Å². The third-order valence-corrected chi connectivity index (χ3v) is 2.27. The summed E-state index contributed by atoms with van der Waals surface area (Å²) < 4.78 is 33.7. The van der Waals surface area contributed by atoms with Crippen molar-refractivity contribution < 1.29 is 13.5 Å². The lowest BCUT2D eigenvalue weighted by Gasteiger charge is -2.14. The van der Waals surface area contributed by atoms with Gasteiger partial charge >= 0.3 is 0 Å². The van der Waals surface area contributed by atoms with Gasteiger partial charge in [-0.25, -0.2) is 13.8 Å². The maximum Gasteiger partial charge on any atom is 0.164 e. The summed E-state index contributed by atoms with van der Waals surface area (Å²) >= 11 is 0. The van der Waals surface area contributed by atoms with Gasteiger partial charge in [0, 0.05) is 24.5 Å². The van der Waals surface area contributed by atoms with Crippen LogP contribution >= 0.6 is 0 Å². The fourth-order valence-corrected chi connectivity index (χ4v) is 1.62. The van der Waals surface area contributed by atoms with Gasteiger partial charge in [0.1, 0.15) is 17.4 Å². The number of imidazole rings is 1. The molecule has 6 heteroatoms. The molecule has 0 saturated carbocycles. The van der Waals surface area contributed by atoms with Crippen molar-refractivity contribution in [3.63, 3.8) is 0 Å². The number of benzene rings is 1. The second-order valence-electron chi connectivity index (χ2n) is 4.09. The average Bonchev–Trinajstić information content (AvgIpc) is 2.62. The molecule has 0 atom stereocenters. The molecular weight excluding hydrogens is 240 g/mol. The van der Waals surface area contributed by atoms with Gasteiger partial charge in [-0.2, -0.15) is 0 Å². The molecule has 2 rings (SSSR count). The first-order chi connectivity index (χ1) is 8.49. The molecule has 96 valence electrons. The third-order valence-electron chi connectivity index (χ3n) is 2.27. The quantitative estimate of drug-likeness (QED) is 0.854. The fraction of sp³-hybridized carbons (Fsp3) is 0.250. The lowest BCUT2D eigenvalue weighted by atomic mass is 10.1. The van der Waals surface area contributed by atoms with E-state index in [-0.39, 0.29) is 23.2 Å². The van der Waals surface area contributed by atoms with Crippen LogP contribution in [0.25, 0.3) is 11.4 Å². The van der Waals surface area contributed by atoms with Gasteiger partial charge in [0.2, 0.25) is 0 Å². The highest BCUT2D eigenvalue weighted by atomic mass is 19.1. The summed E-state index contributed by atoms with van der Waals surface area (Å²) in [6.07, 6.45) is 2.68. The predicted molar refractivity (Wildman–Crippen MR) is 63.5 cm³/mol. The minimum absolute atomic E-state index is 0.0533.